The number of carbonyl (C=O) groups excluding carboxylic acids is 1. The number of rotatable bonds is 8. The van der Waals surface area contributed by atoms with Gasteiger partial charge in [-0.25, -0.2) is 4.98 Å². The van der Waals surface area contributed by atoms with Gasteiger partial charge in [-0.2, -0.15) is 0 Å². The van der Waals surface area contributed by atoms with Gasteiger partial charge in [-0.3, -0.25) is 4.79 Å². The molecule has 2 aromatic carbocycles. The van der Waals surface area contributed by atoms with Gasteiger partial charge in [-0.15, -0.1) is 0 Å². The Hall–Kier alpha value is -3.18. The highest BCUT2D eigenvalue weighted by atomic mass is 16.5. The number of methoxy groups -OCH3 is 1. The highest BCUT2D eigenvalue weighted by Gasteiger charge is 2.10. The molecule has 1 amide bonds. The molecule has 0 atom stereocenters. The van der Waals surface area contributed by atoms with Crippen molar-refractivity contribution in [2.45, 2.75) is 13.0 Å². The molecule has 0 spiro atoms. The van der Waals surface area contributed by atoms with Crippen molar-refractivity contribution in [3.05, 3.63) is 83.6 Å². The molecule has 0 unspecified atom stereocenters. The Bertz CT molecular complexity index is 923. The zero-order chi connectivity index (χ0) is 19.8. The fourth-order valence-electron chi connectivity index (χ4n) is 2.87. The number of hydrogen-bond acceptors (Lipinski definition) is 4. The van der Waals surface area contributed by atoms with Gasteiger partial charge in [-0.1, -0.05) is 42.5 Å². The monoisotopic (exact) mass is 376 g/mol. The van der Waals surface area contributed by atoms with Gasteiger partial charge in [-0.05, 0) is 41.8 Å². The third-order valence-electron chi connectivity index (χ3n) is 4.41. The van der Waals surface area contributed by atoms with Crippen molar-refractivity contribution in [3.63, 3.8) is 0 Å². The average Bonchev–Trinajstić information content (AvgIpc) is 2.76. The molecule has 1 heterocycles. The summed E-state index contributed by atoms with van der Waals surface area (Å²) in [5.74, 6) is 0.604. The molecule has 5 nitrogen and oxygen atoms in total. The molecule has 3 aromatic rings. The normalized spacial score (nSPS) is 10.5. The molecule has 0 radical (unpaired) electrons. The molecule has 1 aromatic heterocycles. The summed E-state index contributed by atoms with van der Waals surface area (Å²) in [6, 6.07) is 21.4. The second-order valence-corrected chi connectivity index (χ2v) is 6.32. The van der Waals surface area contributed by atoms with Gasteiger partial charge in [0.05, 0.1) is 12.3 Å². The molecular weight excluding hydrogens is 352 g/mol. The number of ether oxygens (including phenoxy) is 2. The van der Waals surface area contributed by atoms with Crippen molar-refractivity contribution in [1.29, 1.82) is 0 Å². The van der Waals surface area contributed by atoms with Crippen molar-refractivity contribution >= 4 is 5.91 Å². The highest BCUT2D eigenvalue weighted by Crippen LogP contribution is 2.24. The Morgan fingerprint density at radius 2 is 1.79 bits per heavy atom. The number of aromatic nitrogens is 1. The van der Waals surface area contributed by atoms with Gasteiger partial charge in [0, 0.05) is 19.7 Å². The fraction of sp³-hybridized carbons (Fsp3) is 0.217. The van der Waals surface area contributed by atoms with Crippen LogP contribution in [-0.4, -0.2) is 31.7 Å². The molecule has 0 saturated heterocycles. The SMILES string of the molecule is CNC(=O)c1cccc(-c2ccccc2COc2ccc(CCOC)cc2)n1. The van der Waals surface area contributed by atoms with Crippen molar-refractivity contribution < 1.29 is 14.3 Å². The van der Waals surface area contributed by atoms with E-state index in [1.54, 1.807) is 20.2 Å². The number of benzene rings is 2. The molecular formula is C23H24N2O3. The van der Waals surface area contributed by atoms with Gasteiger partial charge in [0.2, 0.25) is 0 Å². The third-order valence-corrected chi connectivity index (χ3v) is 4.41. The topological polar surface area (TPSA) is 60.5 Å². The van der Waals surface area contributed by atoms with Gasteiger partial charge >= 0.3 is 0 Å². The van der Waals surface area contributed by atoms with Crippen LogP contribution in [0.15, 0.2) is 66.7 Å². The number of hydrogen-bond donors (Lipinski definition) is 1. The first-order chi connectivity index (χ1) is 13.7. The van der Waals surface area contributed by atoms with E-state index in [1.165, 1.54) is 5.56 Å². The van der Waals surface area contributed by atoms with E-state index in [1.807, 2.05) is 48.5 Å². The minimum Gasteiger partial charge on any atom is -0.489 e. The van der Waals surface area contributed by atoms with Crippen LogP contribution in [0.2, 0.25) is 0 Å². The number of nitrogens with one attached hydrogen (secondary N) is 1. The van der Waals surface area contributed by atoms with E-state index in [-0.39, 0.29) is 5.91 Å². The van der Waals surface area contributed by atoms with Crippen molar-refractivity contribution in [2.75, 3.05) is 20.8 Å². The maximum Gasteiger partial charge on any atom is 0.269 e. The maximum atomic E-state index is 11.9. The predicted octanol–water partition coefficient (Wildman–Crippen LogP) is 3.88. The molecule has 5 heteroatoms. The Balaban J connectivity index is 1.75. The second kappa shape index (κ2) is 9.67. The molecule has 28 heavy (non-hydrogen) atoms. The first-order valence-corrected chi connectivity index (χ1v) is 9.19. The minimum absolute atomic E-state index is 0.204. The van der Waals surface area contributed by atoms with Gasteiger partial charge in [0.25, 0.3) is 5.91 Å². The van der Waals surface area contributed by atoms with E-state index in [4.69, 9.17) is 9.47 Å². The van der Waals surface area contributed by atoms with E-state index in [2.05, 4.69) is 22.4 Å². The lowest BCUT2D eigenvalue weighted by atomic mass is 10.0. The smallest absolute Gasteiger partial charge is 0.269 e. The van der Waals surface area contributed by atoms with Crippen molar-refractivity contribution in [1.82, 2.24) is 10.3 Å². The Labute approximate surface area is 165 Å². The standard InChI is InChI=1S/C23H24N2O3/c1-24-23(26)22-9-5-8-21(25-22)20-7-4-3-6-18(20)16-28-19-12-10-17(11-13-19)14-15-27-2/h3-13H,14-16H2,1-2H3,(H,24,26). The van der Waals surface area contributed by atoms with Gasteiger partial charge in [0.1, 0.15) is 18.1 Å². The third kappa shape index (κ3) is 4.96. The zero-order valence-electron chi connectivity index (χ0n) is 16.1. The zero-order valence-corrected chi connectivity index (χ0v) is 16.1. The summed E-state index contributed by atoms with van der Waals surface area (Å²) in [5.41, 5.74) is 4.31. The van der Waals surface area contributed by atoms with Crippen LogP contribution in [0, 0.1) is 0 Å². The van der Waals surface area contributed by atoms with Crippen LogP contribution in [0.25, 0.3) is 11.3 Å². The summed E-state index contributed by atoms with van der Waals surface area (Å²) >= 11 is 0. The summed E-state index contributed by atoms with van der Waals surface area (Å²) in [7, 11) is 3.30. The molecule has 0 saturated carbocycles. The lowest BCUT2D eigenvalue weighted by Gasteiger charge is -2.12. The van der Waals surface area contributed by atoms with Gasteiger partial charge < -0.3 is 14.8 Å². The fourth-order valence-corrected chi connectivity index (χ4v) is 2.87. The predicted molar refractivity (Wildman–Crippen MR) is 109 cm³/mol. The molecule has 0 aliphatic rings. The number of pyridine rings is 1. The lowest BCUT2D eigenvalue weighted by molar-refractivity contribution is 0.0958. The molecule has 144 valence electrons. The average molecular weight is 376 g/mol. The summed E-state index contributed by atoms with van der Waals surface area (Å²) in [6.45, 7) is 1.12. The van der Waals surface area contributed by atoms with Crippen molar-refractivity contribution in [2.24, 2.45) is 0 Å². The van der Waals surface area contributed by atoms with Crippen molar-refractivity contribution in [3.8, 4) is 17.0 Å². The number of carbonyl (C=O) groups is 1. The molecule has 3 rings (SSSR count). The second-order valence-electron chi connectivity index (χ2n) is 6.32. The lowest BCUT2D eigenvalue weighted by Crippen LogP contribution is -2.19. The molecule has 0 aliphatic heterocycles. The molecule has 0 fully saturated rings. The number of amides is 1. The van der Waals surface area contributed by atoms with E-state index in [0.717, 1.165) is 29.0 Å². The quantitative estimate of drug-likeness (QED) is 0.648. The number of nitrogens with zero attached hydrogens (tertiary/aromatic N) is 1. The summed E-state index contributed by atoms with van der Waals surface area (Å²) in [6.07, 6.45) is 0.882. The summed E-state index contributed by atoms with van der Waals surface area (Å²) < 4.78 is 11.1. The van der Waals surface area contributed by atoms with Crippen LogP contribution in [0.4, 0.5) is 0 Å². The first kappa shape index (κ1) is 19.6. The highest BCUT2D eigenvalue weighted by molar-refractivity contribution is 5.92. The Morgan fingerprint density at radius 3 is 2.54 bits per heavy atom. The molecule has 1 N–H and O–H groups in total. The van der Waals surface area contributed by atoms with Crippen LogP contribution in [-0.2, 0) is 17.8 Å². The van der Waals surface area contributed by atoms with Crippen LogP contribution in [0.3, 0.4) is 0 Å². The Kier molecular flexibility index (Phi) is 6.76. The van der Waals surface area contributed by atoms with Crippen LogP contribution in [0.1, 0.15) is 21.6 Å². The minimum atomic E-state index is -0.204. The summed E-state index contributed by atoms with van der Waals surface area (Å²) in [4.78, 5) is 16.4. The maximum absolute atomic E-state index is 11.9. The van der Waals surface area contributed by atoms with E-state index in [0.29, 0.717) is 18.9 Å². The van der Waals surface area contributed by atoms with Crippen LogP contribution >= 0.6 is 0 Å². The Morgan fingerprint density at radius 1 is 1.00 bits per heavy atom. The molecule has 0 aliphatic carbocycles. The van der Waals surface area contributed by atoms with E-state index in [9.17, 15) is 4.79 Å². The summed E-state index contributed by atoms with van der Waals surface area (Å²) in [5, 5.41) is 2.60. The van der Waals surface area contributed by atoms with Crippen LogP contribution in [0.5, 0.6) is 5.75 Å². The first-order valence-electron chi connectivity index (χ1n) is 9.19. The largest absolute Gasteiger partial charge is 0.489 e. The van der Waals surface area contributed by atoms with E-state index >= 15 is 0 Å². The van der Waals surface area contributed by atoms with E-state index < -0.39 is 0 Å². The van der Waals surface area contributed by atoms with Crippen LogP contribution < -0.4 is 10.1 Å². The van der Waals surface area contributed by atoms with Gasteiger partial charge in [0.15, 0.2) is 0 Å². The molecule has 0 bridgehead atoms.